The van der Waals surface area contributed by atoms with Gasteiger partial charge in [0, 0.05) is 13.7 Å². The maximum Gasteiger partial charge on any atom is 0.326 e. The normalized spacial score (nSPS) is 33.4. The molecule has 17 heavy (non-hydrogen) atoms. The van der Waals surface area contributed by atoms with Crippen molar-refractivity contribution in [2.45, 2.75) is 38.6 Å². The zero-order chi connectivity index (χ0) is 12.9. The number of hydrogen-bond acceptors (Lipinski definition) is 4. The summed E-state index contributed by atoms with van der Waals surface area (Å²) in [7, 11) is 3.13. The molecule has 1 saturated carbocycles. The zero-order valence-corrected chi connectivity index (χ0v) is 11.4. The molecule has 4 nitrogen and oxygen atoms in total. The molecule has 0 spiro atoms. The highest BCUT2D eigenvalue weighted by Crippen LogP contribution is 2.36. The van der Waals surface area contributed by atoms with E-state index in [1.165, 1.54) is 7.11 Å². The Morgan fingerprint density at radius 1 is 1.35 bits per heavy atom. The van der Waals surface area contributed by atoms with Gasteiger partial charge in [-0.05, 0) is 31.1 Å². The highest BCUT2D eigenvalue weighted by molar-refractivity contribution is 5.81. The van der Waals surface area contributed by atoms with Gasteiger partial charge in [-0.15, -0.1) is 0 Å². The fourth-order valence-electron chi connectivity index (χ4n) is 2.62. The SMILES string of the molecule is COCCNC1(C(=O)OC)CCC(C)C(C)C1. The van der Waals surface area contributed by atoms with E-state index in [1.54, 1.807) is 7.11 Å². The lowest BCUT2D eigenvalue weighted by Gasteiger charge is -2.41. The van der Waals surface area contributed by atoms with Crippen molar-refractivity contribution >= 4 is 5.97 Å². The predicted octanol–water partition coefficient (Wildman–Crippen LogP) is 1.59. The first-order valence-electron chi connectivity index (χ1n) is 6.38. The lowest BCUT2D eigenvalue weighted by molar-refractivity contribution is -0.151. The minimum absolute atomic E-state index is 0.132. The number of methoxy groups -OCH3 is 2. The molecule has 1 aliphatic carbocycles. The van der Waals surface area contributed by atoms with Gasteiger partial charge in [0.25, 0.3) is 0 Å². The molecule has 0 aromatic heterocycles. The first kappa shape index (κ1) is 14.5. The third-order valence-corrected chi connectivity index (χ3v) is 4.01. The van der Waals surface area contributed by atoms with Crippen LogP contribution in [0.5, 0.6) is 0 Å². The summed E-state index contributed by atoms with van der Waals surface area (Å²) in [6, 6.07) is 0. The Balaban J connectivity index is 2.69. The molecular formula is C13H25NO3. The smallest absolute Gasteiger partial charge is 0.326 e. The number of hydrogen-bond donors (Lipinski definition) is 1. The third kappa shape index (κ3) is 3.42. The predicted molar refractivity (Wildman–Crippen MR) is 66.8 cm³/mol. The summed E-state index contributed by atoms with van der Waals surface area (Å²) in [6.07, 6.45) is 2.77. The molecule has 3 atom stereocenters. The zero-order valence-electron chi connectivity index (χ0n) is 11.4. The Bertz CT molecular complexity index is 257. The van der Waals surface area contributed by atoms with Gasteiger partial charge in [-0.25, -0.2) is 0 Å². The number of nitrogens with one attached hydrogen (secondary N) is 1. The van der Waals surface area contributed by atoms with Crippen molar-refractivity contribution in [3.05, 3.63) is 0 Å². The lowest BCUT2D eigenvalue weighted by Crippen LogP contribution is -2.57. The summed E-state index contributed by atoms with van der Waals surface area (Å²) in [5, 5.41) is 3.34. The van der Waals surface area contributed by atoms with Crippen LogP contribution >= 0.6 is 0 Å². The minimum Gasteiger partial charge on any atom is -0.468 e. The van der Waals surface area contributed by atoms with Crippen LogP contribution in [0, 0.1) is 11.8 Å². The Labute approximate surface area is 104 Å². The monoisotopic (exact) mass is 243 g/mol. The van der Waals surface area contributed by atoms with Crippen LogP contribution < -0.4 is 5.32 Å². The van der Waals surface area contributed by atoms with E-state index in [9.17, 15) is 4.79 Å². The summed E-state index contributed by atoms with van der Waals surface area (Å²) >= 11 is 0. The number of ether oxygens (including phenoxy) is 2. The molecule has 0 amide bonds. The first-order chi connectivity index (χ1) is 8.05. The third-order valence-electron chi connectivity index (χ3n) is 4.01. The molecule has 4 heteroatoms. The summed E-state index contributed by atoms with van der Waals surface area (Å²) < 4.78 is 9.99. The molecule has 1 fully saturated rings. The molecule has 0 aromatic carbocycles. The van der Waals surface area contributed by atoms with E-state index in [2.05, 4.69) is 19.2 Å². The van der Waals surface area contributed by atoms with Gasteiger partial charge >= 0.3 is 5.97 Å². The van der Waals surface area contributed by atoms with Gasteiger partial charge in [-0.2, -0.15) is 0 Å². The van der Waals surface area contributed by atoms with Crippen molar-refractivity contribution in [1.29, 1.82) is 0 Å². The molecule has 3 unspecified atom stereocenters. The maximum atomic E-state index is 12.0. The molecular weight excluding hydrogens is 218 g/mol. The Morgan fingerprint density at radius 2 is 2.06 bits per heavy atom. The van der Waals surface area contributed by atoms with E-state index in [0.29, 0.717) is 25.0 Å². The van der Waals surface area contributed by atoms with E-state index in [1.807, 2.05) is 0 Å². The Kier molecular flexibility index (Phi) is 5.40. The van der Waals surface area contributed by atoms with Crippen molar-refractivity contribution in [2.24, 2.45) is 11.8 Å². The first-order valence-corrected chi connectivity index (χ1v) is 6.38. The standard InChI is InChI=1S/C13H25NO3/c1-10-5-6-13(9-11(10)2,12(15)17-4)14-7-8-16-3/h10-11,14H,5-9H2,1-4H3. The molecule has 0 heterocycles. The highest BCUT2D eigenvalue weighted by atomic mass is 16.5. The lowest BCUT2D eigenvalue weighted by atomic mass is 9.71. The van der Waals surface area contributed by atoms with Gasteiger partial charge in [-0.3, -0.25) is 10.1 Å². The molecule has 1 aliphatic rings. The van der Waals surface area contributed by atoms with Crippen LogP contribution in [0.15, 0.2) is 0 Å². The van der Waals surface area contributed by atoms with Gasteiger partial charge in [0.05, 0.1) is 13.7 Å². The van der Waals surface area contributed by atoms with E-state index >= 15 is 0 Å². The topological polar surface area (TPSA) is 47.6 Å². The van der Waals surface area contributed by atoms with Crippen LogP contribution in [0.1, 0.15) is 33.1 Å². The summed E-state index contributed by atoms with van der Waals surface area (Å²) in [6.45, 7) is 5.76. The fraction of sp³-hybridized carbons (Fsp3) is 0.923. The average Bonchev–Trinajstić information content (AvgIpc) is 2.33. The van der Waals surface area contributed by atoms with Gasteiger partial charge in [0.2, 0.25) is 0 Å². The van der Waals surface area contributed by atoms with Gasteiger partial charge in [-0.1, -0.05) is 13.8 Å². The molecule has 1 N–H and O–H groups in total. The van der Waals surface area contributed by atoms with Crippen molar-refractivity contribution < 1.29 is 14.3 Å². The van der Waals surface area contributed by atoms with Crippen LogP contribution in [-0.4, -0.2) is 38.9 Å². The highest BCUT2D eigenvalue weighted by Gasteiger charge is 2.44. The summed E-state index contributed by atoms with van der Waals surface area (Å²) in [5.41, 5.74) is -0.501. The second kappa shape index (κ2) is 6.36. The number of carbonyl (C=O) groups is 1. The Morgan fingerprint density at radius 3 is 2.59 bits per heavy atom. The number of esters is 1. The maximum absolute atomic E-state index is 12.0. The van der Waals surface area contributed by atoms with E-state index < -0.39 is 5.54 Å². The second-order valence-corrected chi connectivity index (χ2v) is 5.19. The minimum atomic E-state index is -0.501. The van der Waals surface area contributed by atoms with Gasteiger partial charge in [0.1, 0.15) is 5.54 Å². The van der Waals surface area contributed by atoms with Crippen molar-refractivity contribution in [3.63, 3.8) is 0 Å². The van der Waals surface area contributed by atoms with E-state index in [-0.39, 0.29) is 5.97 Å². The summed E-state index contributed by atoms with van der Waals surface area (Å²) in [4.78, 5) is 12.0. The molecule has 0 saturated heterocycles. The second-order valence-electron chi connectivity index (χ2n) is 5.19. The van der Waals surface area contributed by atoms with Crippen molar-refractivity contribution in [3.8, 4) is 0 Å². The Hall–Kier alpha value is -0.610. The molecule has 100 valence electrons. The largest absolute Gasteiger partial charge is 0.468 e. The molecule has 0 radical (unpaired) electrons. The quantitative estimate of drug-likeness (QED) is 0.588. The van der Waals surface area contributed by atoms with Crippen LogP contribution in [0.3, 0.4) is 0 Å². The van der Waals surface area contributed by atoms with Gasteiger partial charge in [0.15, 0.2) is 0 Å². The molecule has 0 bridgehead atoms. The average molecular weight is 243 g/mol. The van der Waals surface area contributed by atoms with E-state index in [0.717, 1.165) is 19.3 Å². The molecule has 0 aliphatic heterocycles. The van der Waals surface area contributed by atoms with Crippen LogP contribution in [0.25, 0.3) is 0 Å². The van der Waals surface area contributed by atoms with Crippen LogP contribution in [0.4, 0.5) is 0 Å². The summed E-state index contributed by atoms with van der Waals surface area (Å²) in [5.74, 6) is 1.09. The van der Waals surface area contributed by atoms with Gasteiger partial charge < -0.3 is 9.47 Å². The fourth-order valence-corrected chi connectivity index (χ4v) is 2.62. The molecule has 1 rings (SSSR count). The van der Waals surface area contributed by atoms with Crippen LogP contribution in [-0.2, 0) is 14.3 Å². The van der Waals surface area contributed by atoms with Crippen molar-refractivity contribution in [1.82, 2.24) is 5.32 Å². The van der Waals surface area contributed by atoms with Crippen LogP contribution in [0.2, 0.25) is 0 Å². The van der Waals surface area contributed by atoms with E-state index in [4.69, 9.17) is 9.47 Å². The molecule has 0 aromatic rings. The number of rotatable bonds is 5. The number of carbonyl (C=O) groups excluding carboxylic acids is 1. The van der Waals surface area contributed by atoms with Crippen molar-refractivity contribution in [2.75, 3.05) is 27.4 Å².